The van der Waals surface area contributed by atoms with E-state index in [1.54, 1.807) is 19.2 Å². The van der Waals surface area contributed by atoms with Crippen molar-refractivity contribution >= 4 is 11.9 Å². The van der Waals surface area contributed by atoms with E-state index in [1.807, 2.05) is 31.2 Å². The summed E-state index contributed by atoms with van der Waals surface area (Å²) in [5.41, 5.74) is 6.64. The number of guanidine groups is 1. The van der Waals surface area contributed by atoms with Crippen molar-refractivity contribution < 1.29 is 13.6 Å². The summed E-state index contributed by atoms with van der Waals surface area (Å²) in [6.45, 7) is 2.66. The zero-order chi connectivity index (χ0) is 22.6. The molecule has 4 rings (SSSR count). The molecule has 5 nitrogen and oxygen atoms in total. The van der Waals surface area contributed by atoms with Gasteiger partial charge in [-0.3, -0.25) is 9.69 Å². The highest BCUT2D eigenvalue weighted by Gasteiger charge is 2.49. The van der Waals surface area contributed by atoms with Crippen LogP contribution >= 0.6 is 0 Å². The lowest BCUT2D eigenvalue weighted by Crippen LogP contribution is -2.52. The van der Waals surface area contributed by atoms with Crippen molar-refractivity contribution in [2.75, 3.05) is 7.05 Å². The molecule has 0 radical (unpaired) electrons. The second-order valence-corrected chi connectivity index (χ2v) is 8.73. The Hall–Kier alpha value is -3.27. The van der Waals surface area contributed by atoms with Gasteiger partial charge in [0, 0.05) is 19.5 Å². The van der Waals surface area contributed by atoms with Crippen LogP contribution in [0.5, 0.6) is 0 Å². The largest absolute Gasteiger partial charge is 0.369 e. The molecule has 2 N–H and O–H groups in total. The van der Waals surface area contributed by atoms with E-state index in [1.165, 1.54) is 17.0 Å². The molecule has 7 heteroatoms. The van der Waals surface area contributed by atoms with Gasteiger partial charge in [0.2, 0.25) is 5.91 Å². The minimum Gasteiger partial charge on any atom is -0.369 e. The van der Waals surface area contributed by atoms with Crippen LogP contribution in [0.2, 0.25) is 0 Å². The minimum atomic E-state index is -2.97. The first-order valence-corrected chi connectivity index (χ1v) is 10.2. The number of carbonyl (C=O) groups is 1. The number of hydrogen-bond acceptors (Lipinski definition) is 4. The molecule has 1 aliphatic heterocycles. The first-order chi connectivity index (χ1) is 14.5. The summed E-state index contributed by atoms with van der Waals surface area (Å²) in [6.07, 6.45) is 1.60. The van der Waals surface area contributed by atoms with Gasteiger partial charge in [-0.05, 0) is 36.5 Å². The number of likely N-dealkylation sites (N-methyl/N-ethyl adjacent to an activating group) is 1. The highest BCUT2D eigenvalue weighted by Crippen LogP contribution is 2.50. The van der Waals surface area contributed by atoms with Crippen LogP contribution < -0.4 is 5.73 Å². The fourth-order valence-electron chi connectivity index (χ4n) is 4.31. The van der Waals surface area contributed by atoms with Crippen LogP contribution in [0.15, 0.2) is 53.5 Å². The van der Waals surface area contributed by atoms with Crippen LogP contribution in [0.4, 0.5) is 8.78 Å². The minimum absolute atomic E-state index is 0.0901. The molecule has 2 atom stereocenters. The maximum absolute atomic E-state index is 13.7. The number of benzene rings is 2. The molecule has 0 bridgehead atoms. The maximum Gasteiger partial charge on any atom is 0.270 e. The van der Waals surface area contributed by atoms with E-state index in [0.717, 1.165) is 30.9 Å². The number of nitrogens with two attached hydrogens (primary N) is 1. The van der Waals surface area contributed by atoms with Gasteiger partial charge in [0.15, 0.2) is 5.96 Å². The number of amides is 1. The van der Waals surface area contributed by atoms with E-state index in [9.17, 15) is 18.8 Å². The number of alkyl halides is 2. The molecular formula is C24H24F2N4O. The van der Waals surface area contributed by atoms with Crippen LogP contribution in [0.3, 0.4) is 0 Å². The van der Waals surface area contributed by atoms with E-state index in [2.05, 4.69) is 11.1 Å². The molecule has 160 valence electrons. The van der Waals surface area contributed by atoms with Gasteiger partial charge in [-0.1, -0.05) is 48.5 Å². The highest BCUT2D eigenvalue weighted by molar-refractivity contribution is 6.02. The number of aliphatic imine (C=N–C) groups is 1. The average molecular weight is 422 g/mol. The second kappa shape index (κ2) is 6.88. The molecule has 0 spiro atoms. The summed E-state index contributed by atoms with van der Waals surface area (Å²) < 4.78 is 27.4. The predicted molar refractivity (Wildman–Crippen MR) is 113 cm³/mol. The van der Waals surface area contributed by atoms with E-state index >= 15 is 0 Å². The van der Waals surface area contributed by atoms with Crippen molar-refractivity contribution in [1.82, 2.24) is 4.90 Å². The Balaban J connectivity index is 1.85. The zero-order valence-corrected chi connectivity index (χ0v) is 17.7. The van der Waals surface area contributed by atoms with Gasteiger partial charge in [0.05, 0.1) is 17.4 Å². The van der Waals surface area contributed by atoms with Crippen LogP contribution in [-0.4, -0.2) is 23.8 Å². The van der Waals surface area contributed by atoms with Crippen molar-refractivity contribution in [2.24, 2.45) is 10.7 Å². The van der Waals surface area contributed by atoms with Gasteiger partial charge in [-0.15, -0.1) is 0 Å². The average Bonchev–Trinajstić information content (AvgIpc) is 3.53. The Labute approximate surface area is 180 Å². The number of hydrogen-bond donors (Lipinski definition) is 1. The normalized spacial score (nSPS) is 25.0. The highest BCUT2D eigenvalue weighted by atomic mass is 19.3. The fourth-order valence-corrected chi connectivity index (χ4v) is 4.31. The van der Waals surface area contributed by atoms with Crippen LogP contribution in [0, 0.1) is 11.3 Å². The quantitative estimate of drug-likeness (QED) is 0.804. The molecule has 0 aromatic heterocycles. The third-order valence-electron chi connectivity index (χ3n) is 6.54. The first-order valence-electron chi connectivity index (χ1n) is 10.2. The van der Waals surface area contributed by atoms with Crippen molar-refractivity contribution in [3.8, 4) is 6.07 Å². The van der Waals surface area contributed by atoms with Crippen LogP contribution in [0.1, 0.15) is 54.9 Å². The smallest absolute Gasteiger partial charge is 0.270 e. The molecule has 1 amide bonds. The van der Waals surface area contributed by atoms with Crippen molar-refractivity contribution in [3.63, 3.8) is 0 Å². The van der Waals surface area contributed by atoms with Gasteiger partial charge < -0.3 is 5.73 Å². The predicted octanol–water partition coefficient (Wildman–Crippen LogP) is 4.14. The third-order valence-corrected chi connectivity index (χ3v) is 6.54. The lowest BCUT2D eigenvalue weighted by molar-refractivity contribution is -0.130. The monoisotopic (exact) mass is 422 g/mol. The standard InChI is InChI=1S/C24H24F2N4O/c1-22(17-5-4-6-18(13-17)24(14-27)11-12-24)19(20(31)30(3)21(28)29-22)15-7-9-16(10-8-15)23(2,25)26/h4-10,13,19H,11-12H2,1-3H3,(H2,28,29)/t19-,22-/m1/s1. The number of nitriles is 1. The van der Waals surface area contributed by atoms with Gasteiger partial charge >= 0.3 is 0 Å². The second-order valence-electron chi connectivity index (χ2n) is 8.73. The number of rotatable bonds is 4. The van der Waals surface area contributed by atoms with Crippen molar-refractivity contribution in [2.45, 2.75) is 49.5 Å². The van der Waals surface area contributed by atoms with E-state index in [-0.39, 0.29) is 17.4 Å². The molecule has 2 aromatic carbocycles. The van der Waals surface area contributed by atoms with Crippen molar-refractivity contribution in [1.29, 1.82) is 5.26 Å². The lowest BCUT2D eigenvalue weighted by atomic mass is 9.73. The van der Waals surface area contributed by atoms with Gasteiger partial charge in [-0.25, -0.2) is 13.8 Å². The van der Waals surface area contributed by atoms with Gasteiger partial charge in [0.1, 0.15) is 5.54 Å². The molecule has 2 aliphatic rings. The van der Waals surface area contributed by atoms with E-state index in [0.29, 0.717) is 5.56 Å². The fraction of sp³-hybridized carbons (Fsp3) is 0.375. The topological polar surface area (TPSA) is 82.5 Å². The van der Waals surface area contributed by atoms with Gasteiger partial charge in [0.25, 0.3) is 5.92 Å². The summed E-state index contributed by atoms with van der Waals surface area (Å²) in [4.78, 5) is 19.3. The summed E-state index contributed by atoms with van der Waals surface area (Å²) in [6, 6.07) is 15.8. The zero-order valence-electron chi connectivity index (χ0n) is 17.7. The van der Waals surface area contributed by atoms with Crippen LogP contribution in [-0.2, 0) is 21.7 Å². The molecule has 0 unspecified atom stereocenters. The van der Waals surface area contributed by atoms with E-state index < -0.39 is 22.8 Å². The molecule has 1 fully saturated rings. The molecule has 2 aromatic rings. The van der Waals surface area contributed by atoms with Crippen LogP contribution in [0.25, 0.3) is 0 Å². The molecule has 0 saturated heterocycles. The summed E-state index contributed by atoms with van der Waals surface area (Å²) >= 11 is 0. The summed E-state index contributed by atoms with van der Waals surface area (Å²) in [5.74, 6) is -3.90. The van der Waals surface area contributed by atoms with Gasteiger partial charge in [-0.2, -0.15) is 5.26 Å². The SMILES string of the molecule is CN1C(=O)[C@@H](c2ccc(C(C)(F)F)cc2)[C@@](C)(c2cccc(C3(C#N)CC3)c2)N=C1N. The number of nitrogens with zero attached hydrogens (tertiary/aromatic N) is 3. The first kappa shape index (κ1) is 21.0. The molecular weight excluding hydrogens is 398 g/mol. The molecule has 31 heavy (non-hydrogen) atoms. The molecule has 1 heterocycles. The Morgan fingerprint density at radius 3 is 2.35 bits per heavy atom. The van der Waals surface area contributed by atoms with E-state index in [4.69, 9.17) is 5.73 Å². The third kappa shape index (κ3) is 3.36. The van der Waals surface area contributed by atoms with Crippen molar-refractivity contribution in [3.05, 3.63) is 70.8 Å². The Morgan fingerprint density at radius 1 is 1.19 bits per heavy atom. The Kier molecular flexibility index (Phi) is 4.65. The molecule has 1 saturated carbocycles. The number of halogens is 2. The number of carbonyl (C=O) groups excluding carboxylic acids is 1. The maximum atomic E-state index is 13.7. The Bertz CT molecular complexity index is 1110. The molecule has 1 aliphatic carbocycles. The Morgan fingerprint density at radius 2 is 1.81 bits per heavy atom. The summed E-state index contributed by atoms with van der Waals surface area (Å²) in [7, 11) is 1.55. The lowest BCUT2D eigenvalue weighted by Gasteiger charge is -2.41. The summed E-state index contributed by atoms with van der Waals surface area (Å²) in [5, 5.41) is 9.60.